The lowest BCUT2D eigenvalue weighted by atomic mass is 10.0. The number of aromatic nitrogens is 4. The van der Waals surface area contributed by atoms with Crippen molar-refractivity contribution < 1.29 is 27.4 Å². The van der Waals surface area contributed by atoms with Gasteiger partial charge in [0.15, 0.2) is 10.6 Å². The van der Waals surface area contributed by atoms with Crippen LogP contribution in [0.4, 0.5) is 18.0 Å². The number of rotatable bonds is 8. The molecule has 2 aromatic heterocycles. The molecule has 0 spiro atoms. The van der Waals surface area contributed by atoms with Crippen molar-refractivity contribution in [3.63, 3.8) is 0 Å². The summed E-state index contributed by atoms with van der Waals surface area (Å²) < 4.78 is 50.3. The van der Waals surface area contributed by atoms with Gasteiger partial charge in [0.1, 0.15) is 17.8 Å². The van der Waals surface area contributed by atoms with Crippen LogP contribution < -0.4 is 19.6 Å². The minimum Gasteiger partial charge on any atom is -0.497 e. The summed E-state index contributed by atoms with van der Waals surface area (Å²) in [6.45, 7) is 6.24. The molecule has 0 radical (unpaired) electrons. The highest BCUT2D eigenvalue weighted by Crippen LogP contribution is 2.46. The predicted molar refractivity (Wildman–Crippen MR) is 168 cm³/mol. The molecule has 238 valence electrons. The molecule has 13 heteroatoms. The van der Waals surface area contributed by atoms with E-state index in [0.29, 0.717) is 16.3 Å². The largest absolute Gasteiger partial charge is 0.573 e. The fourth-order valence-electron chi connectivity index (χ4n) is 5.28. The first-order valence-electron chi connectivity index (χ1n) is 14.6. The average molecular weight is 649 g/mol. The van der Waals surface area contributed by atoms with Gasteiger partial charge in [0, 0.05) is 22.7 Å². The third-order valence-electron chi connectivity index (χ3n) is 7.80. The van der Waals surface area contributed by atoms with Gasteiger partial charge in [-0.2, -0.15) is 4.99 Å². The first-order valence-corrected chi connectivity index (χ1v) is 15.4. The Bertz CT molecular complexity index is 1940. The second kappa shape index (κ2) is 12.1. The van der Waals surface area contributed by atoms with Gasteiger partial charge in [-0.05, 0) is 67.1 Å². The van der Waals surface area contributed by atoms with Crippen molar-refractivity contribution in [1.29, 1.82) is 0 Å². The van der Waals surface area contributed by atoms with Gasteiger partial charge in [-0.15, -0.1) is 29.6 Å². The smallest absolute Gasteiger partial charge is 0.497 e. The van der Waals surface area contributed by atoms with Crippen molar-refractivity contribution >= 4 is 17.4 Å². The summed E-state index contributed by atoms with van der Waals surface area (Å²) in [5.41, 5.74) is 4.73. The second-order valence-corrected chi connectivity index (χ2v) is 12.2. The van der Waals surface area contributed by atoms with Crippen LogP contribution in [0.1, 0.15) is 49.4 Å². The van der Waals surface area contributed by atoms with E-state index in [-0.39, 0.29) is 11.7 Å². The molecule has 0 aliphatic heterocycles. The Morgan fingerprint density at radius 3 is 2.37 bits per heavy atom. The maximum absolute atomic E-state index is 13.3. The fraction of sp³-hybridized carbons (Fsp3) is 0.273. The summed E-state index contributed by atoms with van der Waals surface area (Å²) in [7, 11) is 1.63. The number of alkyl halides is 3. The monoisotopic (exact) mass is 648 g/mol. The number of aryl methyl sites for hydroxylation is 1. The van der Waals surface area contributed by atoms with E-state index in [0.717, 1.165) is 46.7 Å². The highest BCUT2D eigenvalue weighted by atomic mass is 32.1. The Morgan fingerprint density at radius 2 is 1.74 bits per heavy atom. The highest BCUT2D eigenvalue weighted by Gasteiger charge is 2.45. The van der Waals surface area contributed by atoms with Crippen molar-refractivity contribution in [1.82, 2.24) is 24.6 Å². The fourth-order valence-corrected chi connectivity index (χ4v) is 6.15. The Balaban J connectivity index is 1.19. The van der Waals surface area contributed by atoms with Crippen LogP contribution in [-0.4, -0.2) is 38.8 Å². The predicted octanol–water partition coefficient (Wildman–Crippen LogP) is 7.43. The van der Waals surface area contributed by atoms with Gasteiger partial charge >= 0.3 is 12.4 Å². The Morgan fingerprint density at radius 1 is 1.04 bits per heavy atom. The van der Waals surface area contributed by atoms with Crippen LogP contribution in [-0.2, 0) is 5.54 Å². The zero-order valence-corrected chi connectivity index (χ0v) is 26.3. The molecule has 0 unspecified atom stereocenters. The molecule has 0 saturated heterocycles. The van der Waals surface area contributed by atoms with Crippen LogP contribution in [0.3, 0.4) is 0 Å². The lowest BCUT2D eigenvalue weighted by Crippen LogP contribution is -2.34. The molecule has 2 amide bonds. The number of hydrogen-bond acceptors (Lipinski definition) is 6. The van der Waals surface area contributed by atoms with E-state index in [1.807, 2.05) is 59.3 Å². The Labute approximate surface area is 267 Å². The van der Waals surface area contributed by atoms with Crippen molar-refractivity contribution in [2.45, 2.75) is 51.4 Å². The molecule has 1 saturated carbocycles. The molecule has 1 aliphatic carbocycles. The average Bonchev–Trinajstić information content (AvgIpc) is 3.46. The number of carbonyl (C=O) groups is 1. The van der Waals surface area contributed by atoms with Gasteiger partial charge in [0.25, 0.3) is 0 Å². The minimum absolute atomic E-state index is 0.254. The number of hydrogen-bond donors (Lipinski definition) is 1. The van der Waals surface area contributed by atoms with Crippen molar-refractivity contribution in [2.75, 3.05) is 7.11 Å². The number of benzene rings is 3. The Kier molecular flexibility index (Phi) is 8.19. The molecule has 9 nitrogen and oxygen atoms in total. The van der Waals surface area contributed by atoms with E-state index in [2.05, 4.69) is 39.0 Å². The summed E-state index contributed by atoms with van der Waals surface area (Å²) in [5, 5.41) is 9.58. The topological polar surface area (TPSA) is 95.6 Å². The molecule has 1 fully saturated rings. The summed E-state index contributed by atoms with van der Waals surface area (Å²) in [4.78, 5) is 22.7. The third kappa shape index (κ3) is 6.54. The zero-order valence-electron chi connectivity index (χ0n) is 25.5. The van der Waals surface area contributed by atoms with E-state index < -0.39 is 17.9 Å². The summed E-state index contributed by atoms with van der Waals surface area (Å²) >= 11 is 1.41. The van der Waals surface area contributed by atoms with E-state index >= 15 is 0 Å². The van der Waals surface area contributed by atoms with Gasteiger partial charge in [-0.1, -0.05) is 44.2 Å². The Hall–Kier alpha value is -4.91. The van der Waals surface area contributed by atoms with Crippen LogP contribution in [0, 0.1) is 6.92 Å². The standard InChI is InChI=1S/C33H31F3N6O3S/c1-20(2)27-14-13-26(44-4)17-28(27)42-21(3)18-46-31(42)38-30(43)39-32(15-16-32)23-7-5-22(6-8-23)29-37-19-41(40-29)24-9-11-25(12-10-24)45-33(34,35)36/h5-14,17-20H,15-16H2,1-4H3,(H,39,43)/b38-31-. The van der Waals surface area contributed by atoms with Crippen molar-refractivity contribution in [2.24, 2.45) is 4.99 Å². The number of methoxy groups -OCH3 is 1. The van der Waals surface area contributed by atoms with Gasteiger partial charge in [0.2, 0.25) is 0 Å². The molecule has 46 heavy (non-hydrogen) atoms. The summed E-state index contributed by atoms with van der Waals surface area (Å²) in [6, 6.07) is 18.5. The van der Waals surface area contributed by atoms with Crippen LogP contribution in [0.25, 0.3) is 22.8 Å². The van der Waals surface area contributed by atoms with Gasteiger partial charge in [-0.3, -0.25) is 4.57 Å². The van der Waals surface area contributed by atoms with Gasteiger partial charge < -0.3 is 14.8 Å². The number of carbonyl (C=O) groups excluding carboxylic acids is 1. The molecule has 5 aromatic rings. The molecular weight excluding hydrogens is 617 g/mol. The van der Waals surface area contributed by atoms with Crippen LogP contribution in [0.5, 0.6) is 11.5 Å². The number of nitrogens with one attached hydrogen (secondary N) is 1. The lowest BCUT2D eigenvalue weighted by molar-refractivity contribution is -0.274. The lowest BCUT2D eigenvalue weighted by Gasteiger charge is -2.17. The zero-order chi connectivity index (χ0) is 32.6. The van der Waals surface area contributed by atoms with Gasteiger partial charge in [0.05, 0.1) is 24.0 Å². The molecule has 0 bridgehead atoms. The normalized spacial score (nSPS) is 14.4. The first kappa shape index (κ1) is 31.1. The first-order chi connectivity index (χ1) is 21.9. The second-order valence-electron chi connectivity index (χ2n) is 11.3. The molecule has 6 rings (SSSR count). The number of urea groups is 1. The quantitative estimate of drug-likeness (QED) is 0.189. The van der Waals surface area contributed by atoms with Crippen molar-refractivity contribution in [3.05, 3.63) is 100 Å². The van der Waals surface area contributed by atoms with Crippen LogP contribution >= 0.6 is 11.3 Å². The maximum Gasteiger partial charge on any atom is 0.573 e. The SMILES string of the molecule is COc1ccc(C(C)C)c(-n2c(C)cs/c2=N\C(=O)NC2(c3ccc(-c4ncn(-c5ccc(OC(F)(F)F)cc5)n4)cc3)CC2)c1. The van der Waals surface area contributed by atoms with Gasteiger partial charge in [-0.25, -0.2) is 14.5 Å². The summed E-state index contributed by atoms with van der Waals surface area (Å²) in [5.74, 6) is 1.11. The minimum atomic E-state index is -4.76. The molecule has 3 aromatic carbocycles. The van der Waals surface area contributed by atoms with E-state index in [9.17, 15) is 18.0 Å². The number of amides is 2. The number of ether oxygens (including phenoxy) is 2. The number of thiazole rings is 1. The maximum atomic E-state index is 13.3. The molecule has 0 atom stereocenters. The van der Waals surface area contributed by atoms with Crippen molar-refractivity contribution in [3.8, 4) is 34.3 Å². The third-order valence-corrected chi connectivity index (χ3v) is 8.74. The molecule has 1 aliphatic rings. The van der Waals surface area contributed by atoms with Crippen LogP contribution in [0.2, 0.25) is 0 Å². The van der Waals surface area contributed by atoms with E-state index in [4.69, 9.17) is 4.74 Å². The molecule has 1 N–H and O–H groups in total. The number of halogens is 3. The number of nitrogens with zero attached hydrogens (tertiary/aromatic N) is 5. The van der Waals surface area contributed by atoms with E-state index in [1.165, 1.54) is 46.6 Å². The molecule has 2 heterocycles. The van der Waals surface area contributed by atoms with E-state index in [1.54, 1.807) is 7.11 Å². The molecular formula is C33H31F3N6O3S. The highest BCUT2D eigenvalue weighted by molar-refractivity contribution is 7.07. The van der Waals surface area contributed by atoms with Crippen LogP contribution in [0.15, 0.2) is 83.4 Å². The summed E-state index contributed by atoms with van der Waals surface area (Å²) in [6.07, 6.45) is -1.70.